The summed E-state index contributed by atoms with van der Waals surface area (Å²) in [7, 11) is -2.50. The van der Waals surface area contributed by atoms with Gasteiger partial charge >= 0.3 is 5.97 Å². The van der Waals surface area contributed by atoms with Crippen molar-refractivity contribution in [3.05, 3.63) is 23.8 Å². The quantitative estimate of drug-likeness (QED) is 0.702. The molecule has 0 aromatic heterocycles. The number of carboxylic acids is 1. The first-order valence-electron chi connectivity index (χ1n) is 6.42. The maximum absolute atomic E-state index is 12.2. The Balaban J connectivity index is 2.16. The lowest BCUT2D eigenvalue weighted by Gasteiger charge is -2.31. The molecule has 8 heteroatoms. The number of aliphatic hydroxyl groups is 1. The van der Waals surface area contributed by atoms with E-state index in [-0.39, 0.29) is 34.8 Å². The molecule has 0 saturated heterocycles. The number of hydrogen-bond donors (Lipinski definition) is 3. The molecule has 0 spiro atoms. The van der Waals surface area contributed by atoms with Crippen LogP contribution < -0.4 is 9.46 Å². The van der Waals surface area contributed by atoms with Gasteiger partial charge in [-0.3, -0.25) is 0 Å². The molecule has 1 aliphatic rings. The van der Waals surface area contributed by atoms with Gasteiger partial charge in [-0.15, -0.1) is 0 Å². The predicted molar refractivity (Wildman–Crippen MR) is 73.9 cm³/mol. The lowest BCUT2D eigenvalue weighted by atomic mass is 9.83. The van der Waals surface area contributed by atoms with Crippen LogP contribution in [0.1, 0.15) is 23.2 Å². The highest BCUT2D eigenvalue weighted by atomic mass is 32.2. The number of carbonyl (C=O) groups is 1. The third kappa shape index (κ3) is 3.52. The van der Waals surface area contributed by atoms with Crippen molar-refractivity contribution in [1.82, 2.24) is 4.72 Å². The van der Waals surface area contributed by atoms with E-state index in [2.05, 4.69) is 4.72 Å². The fourth-order valence-corrected chi connectivity index (χ4v) is 3.46. The number of ether oxygens (including phenoxy) is 1. The lowest BCUT2D eigenvalue weighted by molar-refractivity contribution is 0.0453. The van der Waals surface area contributed by atoms with Crippen LogP contribution in [-0.2, 0) is 10.0 Å². The number of aromatic carboxylic acids is 1. The van der Waals surface area contributed by atoms with E-state index < -0.39 is 16.0 Å². The Labute approximate surface area is 122 Å². The van der Waals surface area contributed by atoms with Gasteiger partial charge in [0.25, 0.3) is 0 Å². The number of methoxy groups -OCH3 is 1. The minimum absolute atomic E-state index is 0.0176. The van der Waals surface area contributed by atoms with Crippen LogP contribution in [0.2, 0.25) is 0 Å². The molecule has 0 bridgehead atoms. The van der Waals surface area contributed by atoms with Gasteiger partial charge in [0.2, 0.25) is 10.0 Å². The molecule has 1 aromatic carbocycles. The van der Waals surface area contributed by atoms with Crippen LogP contribution in [-0.4, -0.2) is 44.4 Å². The van der Waals surface area contributed by atoms with E-state index in [0.29, 0.717) is 12.8 Å². The number of rotatable bonds is 6. The first-order chi connectivity index (χ1) is 9.83. The molecule has 1 aliphatic carbocycles. The number of benzene rings is 1. The molecule has 21 heavy (non-hydrogen) atoms. The number of nitrogens with one attached hydrogen (secondary N) is 1. The molecule has 0 atom stereocenters. The average Bonchev–Trinajstić information content (AvgIpc) is 2.41. The number of hydrogen-bond acceptors (Lipinski definition) is 5. The smallest absolute Gasteiger partial charge is 0.335 e. The van der Waals surface area contributed by atoms with Gasteiger partial charge in [-0.25, -0.2) is 17.9 Å². The summed E-state index contributed by atoms with van der Waals surface area (Å²) < 4.78 is 31.9. The average molecular weight is 315 g/mol. The molecule has 7 nitrogen and oxygen atoms in total. The molecule has 116 valence electrons. The van der Waals surface area contributed by atoms with Gasteiger partial charge in [0.05, 0.1) is 18.8 Å². The van der Waals surface area contributed by atoms with Gasteiger partial charge in [0, 0.05) is 6.54 Å². The maximum Gasteiger partial charge on any atom is 0.335 e. The second-order valence-corrected chi connectivity index (χ2v) is 6.75. The van der Waals surface area contributed by atoms with Crippen LogP contribution in [0.5, 0.6) is 5.75 Å². The normalized spacial score (nSPS) is 21.6. The summed E-state index contributed by atoms with van der Waals surface area (Å²) in [5, 5.41) is 18.1. The predicted octanol–water partition coefficient (Wildman–Crippen LogP) is 0.443. The van der Waals surface area contributed by atoms with E-state index >= 15 is 0 Å². The third-order valence-corrected chi connectivity index (χ3v) is 4.94. The van der Waals surface area contributed by atoms with Gasteiger partial charge in [0.15, 0.2) is 0 Å². The summed E-state index contributed by atoms with van der Waals surface area (Å²) >= 11 is 0. The van der Waals surface area contributed by atoms with Crippen molar-refractivity contribution in [3.8, 4) is 5.75 Å². The minimum Gasteiger partial charge on any atom is -0.495 e. The zero-order valence-electron chi connectivity index (χ0n) is 11.4. The molecule has 0 aliphatic heterocycles. The van der Waals surface area contributed by atoms with Crippen molar-refractivity contribution in [2.75, 3.05) is 13.7 Å². The first kappa shape index (κ1) is 15.7. The summed E-state index contributed by atoms with van der Waals surface area (Å²) in [6.45, 7) is 0.239. The zero-order chi connectivity index (χ0) is 15.6. The van der Waals surface area contributed by atoms with Gasteiger partial charge in [0.1, 0.15) is 10.6 Å². The molecule has 3 N–H and O–H groups in total. The molecule has 1 fully saturated rings. The van der Waals surface area contributed by atoms with Crippen molar-refractivity contribution >= 4 is 16.0 Å². The third-order valence-electron chi connectivity index (χ3n) is 3.47. The topological polar surface area (TPSA) is 113 Å². The minimum atomic E-state index is -3.78. The van der Waals surface area contributed by atoms with Crippen molar-refractivity contribution in [1.29, 1.82) is 0 Å². The molecule has 0 radical (unpaired) electrons. The maximum atomic E-state index is 12.2. The van der Waals surface area contributed by atoms with Crippen LogP contribution in [0.15, 0.2) is 23.1 Å². The highest BCUT2D eigenvalue weighted by Crippen LogP contribution is 2.28. The summed E-state index contributed by atoms with van der Waals surface area (Å²) in [5.41, 5.74) is -0.0482. The second kappa shape index (κ2) is 6.00. The van der Waals surface area contributed by atoms with Crippen molar-refractivity contribution < 1.29 is 28.2 Å². The molecular formula is C13H17NO6S. The SMILES string of the molecule is COc1cc(C(=O)O)ccc1S(=O)(=O)NCC1CC(O)C1. The van der Waals surface area contributed by atoms with Gasteiger partial charge in [-0.05, 0) is 37.0 Å². The van der Waals surface area contributed by atoms with E-state index in [1.54, 1.807) is 0 Å². The Hall–Kier alpha value is -1.64. The molecule has 0 heterocycles. The van der Waals surface area contributed by atoms with Crippen LogP contribution in [0.4, 0.5) is 0 Å². The fourth-order valence-electron chi connectivity index (χ4n) is 2.20. The highest BCUT2D eigenvalue weighted by molar-refractivity contribution is 7.89. The second-order valence-electron chi connectivity index (χ2n) is 5.01. The molecular weight excluding hydrogens is 298 g/mol. The fraction of sp³-hybridized carbons (Fsp3) is 0.462. The molecule has 0 amide bonds. The van der Waals surface area contributed by atoms with Gasteiger partial charge in [-0.2, -0.15) is 0 Å². The zero-order valence-corrected chi connectivity index (χ0v) is 12.3. The van der Waals surface area contributed by atoms with E-state index in [9.17, 15) is 18.3 Å². The Morgan fingerprint density at radius 3 is 2.62 bits per heavy atom. The van der Waals surface area contributed by atoms with Crippen LogP contribution >= 0.6 is 0 Å². The number of sulfonamides is 1. The highest BCUT2D eigenvalue weighted by Gasteiger charge is 2.29. The molecule has 0 unspecified atom stereocenters. The summed E-state index contributed by atoms with van der Waals surface area (Å²) in [6.07, 6.45) is 0.818. The van der Waals surface area contributed by atoms with Crippen LogP contribution in [0.3, 0.4) is 0 Å². The van der Waals surface area contributed by atoms with E-state index in [0.717, 1.165) is 0 Å². The monoisotopic (exact) mass is 315 g/mol. The number of carboxylic acid groups (broad SMARTS) is 1. The van der Waals surface area contributed by atoms with Crippen molar-refractivity contribution in [3.63, 3.8) is 0 Å². The standard InChI is InChI=1S/C13H17NO6S/c1-20-11-6-9(13(16)17)2-3-12(11)21(18,19)14-7-8-4-10(15)5-8/h2-3,6,8,10,14-15H,4-5,7H2,1H3,(H,16,17). The van der Waals surface area contributed by atoms with Crippen molar-refractivity contribution in [2.45, 2.75) is 23.8 Å². The Kier molecular flexibility index (Phi) is 4.50. The Bertz CT molecular complexity index is 636. The van der Waals surface area contributed by atoms with Gasteiger partial charge < -0.3 is 14.9 Å². The van der Waals surface area contributed by atoms with Crippen LogP contribution in [0, 0.1) is 5.92 Å². The van der Waals surface area contributed by atoms with E-state index in [1.165, 1.54) is 25.3 Å². The lowest BCUT2D eigenvalue weighted by Crippen LogP contribution is -2.38. The van der Waals surface area contributed by atoms with E-state index in [4.69, 9.17) is 9.84 Å². The summed E-state index contributed by atoms with van der Waals surface area (Å²) in [5.74, 6) is -1.05. The molecule has 2 rings (SSSR count). The van der Waals surface area contributed by atoms with Gasteiger partial charge in [-0.1, -0.05) is 0 Å². The Morgan fingerprint density at radius 1 is 1.43 bits per heavy atom. The summed E-state index contributed by atoms with van der Waals surface area (Å²) in [4.78, 5) is 10.8. The summed E-state index contributed by atoms with van der Waals surface area (Å²) in [6, 6.07) is 3.59. The molecule has 1 saturated carbocycles. The van der Waals surface area contributed by atoms with Crippen LogP contribution in [0.25, 0.3) is 0 Å². The van der Waals surface area contributed by atoms with E-state index in [1.807, 2.05) is 0 Å². The van der Waals surface area contributed by atoms with Crippen molar-refractivity contribution in [2.24, 2.45) is 5.92 Å². The first-order valence-corrected chi connectivity index (χ1v) is 7.91. The molecule has 1 aromatic rings. The Morgan fingerprint density at radius 2 is 2.10 bits per heavy atom. The number of aliphatic hydroxyl groups excluding tert-OH is 1. The largest absolute Gasteiger partial charge is 0.495 e.